The van der Waals surface area contributed by atoms with Crippen molar-refractivity contribution >= 4 is 5.69 Å². The Kier molecular flexibility index (Phi) is 2.91. The summed E-state index contributed by atoms with van der Waals surface area (Å²) in [6.45, 7) is 5.47. The predicted octanol–water partition coefficient (Wildman–Crippen LogP) is 1.67. The Bertz CT molecular complexity index is 374. The summed E-state index contributed by atoms with van der Waals surface area (Å²) in [5.74, 6) is 0. The quantitative estimate of drug-likeness (QED) is 0.797. The zero-order valence-corrected chi connectivity index (χ0v) is 9.98. The molecule has 0 saturated carbocycles. The third-order valence-electron chi connectivity index (χ3n) is 3.22. The minimum absolute atomic E-state index is 0.0294. The van der Waals surface area contributed by atoms with Gasteiger partial charge in [-0.2, -0.15) is 0 Å². The van der Waals surface area contributed by atoms with Crippen molar-refractivity contribution in [2.75, 3.05) is 18.0 Å². The summed E-state index contributed by atoms with van der Waals surface area (Å²) >= 11 is 0. The first kappa shape index (κ1) is 11.4. The first-order valence-electron chi connectivity index (χ1n) is 5.81. The maximum Gasteiger partial charge on any atom is 0.0810 e. The maximum absolute atomic E-state index is 9.98. The monoisotopic (exact) mass is 220 g/mol. The standard InChI is InChI=1S/C13H20N2O/c1-10(14)11-5-3-4-6-12(11)15-8-7-13(2,16)9-15/h3-6,10,16H,7-9,14H2,1-2H3/t10-,13?/m0/s1. The number of nitrogens with two attached hydrogens (primary N) is 1. The zero-order valence-electron chi connectivity index (χ0n) is 9.98. The highest BCUT2D eigenvalue weighted by Crippen LogP contribution is 2.31. The minimum atomic E-state index is -0.565. The molecule has 3 heteroatoms. The lowest BCUT2D eigenvalue weighted by Gasteiger charge is -2.24. The van der Waals surface area contributed by atoms with E-state index >= 15 is 0 Å². The highest BCUT2D eigenvalue weighted by Gasteiger charge is 2.32. The molecule has 1 heterocycles. The fourth-order valence-corrected chi connectivity index (χ4v) is 2.31. The van der Waals surface area contributed by atoms with Gasteiger partial charge in [0.05, 0.1) is 5.60 Å². The number of hydrogen-bond donors (Lipinski definition) is 2. The van der Waals surface area contributed by atoms with Gasteiger partial charge in [-0.3, -0.25) is 0 Å². The molecule has 0 radical (unpaired) electrons. The van der Waals surface area contributed by atoms with Crippen LogP contribution < -0.4 is 10.6 Å². The van der Waals surface area contributed by atoms with Gasteiger partial charge in [-0.25, -0.2) is 0 Å². The molecule has 0 bridgehead atoms. The van der Waals surface area contributed by atoms with E-state index in [1.165, 1.54) is 0 Å². The molecular formula is C13H20N2O. The van der Waals surface area contributed by atoms with Crippen LogP contribution in [0.25, 0.3) is 0 Å². The molecule has 1 aromatic carbocycles. The van der Waals surface area contributed by atoms with E-state index in [9.17, 15) is 5.11 Å². The average Bonchev–Trinajstić information content (AvgIpc) is 2.59. The Balaban J connectivity index is 2.28. The van der Waals surface area contributed by atoms with E-state index in [0.29, 0.717) is 6.54 Å². The molecule has 2 rings (SSSR count). The summed E-state index contributed by atoms with van der Waals surface area (Å²) < 4.78 is 0. The molecule has 0 aromatic heterocycles. The fourth-order valence-electron chi connectivity index (χ4n) is 2.31. The van der Waals surface area contributed by atoms with Crippen LogP contribution in [-0.2, 0) is 0 Å². The highest BCUT2D eigenvalue weighted by atomic mass is 16.3. The topological polar surface area (TPSA) is 49.5 Å². The van der Waals surface area contributed by atoms with Crippen LogP contribution in [0.4, 0.5) is 5.69 Å². The van der Waals surface area contributed by atoms with E-state index in [0.717, 1.165) is 24.2 Å². The predicted molar refractivity (Wildman–Crippen MR) is 66.5 cm³/mol. The number of β-amino-alcohol motifs (C(OH)–C–C–N with tert-alkyl or cyclic N) is 1. The van der Waals surface area contributed by atoms with Gasteiger partial charge in [0.25, 0.3) is 0 Å². The van der Waals surface area contributed by atoms with Crippen molar-refractivity contribution in [2.24, 2.45) is 5.73 Å². The number of aliphatic hydroxyl groups is 1. The van der Waals surface area contributed by atoms with E-state index in [1.807, 2.05) is 26.0 Å². The molecule has 2 atom stereocenters. The molecular weight excluding hydrogens is 200 g/mol. The van der Waals surface area contributed by atoms with Gasteiger partial charge < -0.3 is 15.7 Å². The second kappa shape index (κ2) is 4.07. The van der Waals surface area contributed by atoms with Crippen LogP contribution in [0.5, 0.6) is 0 Å². The van der Waals surface area contributed by atoms with Crippen molar-refractivity contribution in [1.82, 2.24) is 0 Å². The lowest BCUT2D eigenvalue weighted by Crippen LogP contribution is -2.30. The number of benzene rings is 1. The van der Waals surface area contributed by atoms with E-state index in [2.05, 4.69) is 17.0 Å². The Morgan fingerprint density at radius 2 is 2.12 bits per heavy atom. The smallest absolute Gasteiger partial charge is 0.0810 e. The molecule has 0 spiro atoms. The normalized spacial score (nSPS) is 27.1. The molecule has 1 fully saturated rings. The van der Waals surface area contributed by atoms with Gasteiger partial charge in [0.15, 0.2) is 0 Å². The van der Waals surface area contributed by atoms with Crippen LogP contribution in [0.3, 0.4) is 0 Å². The molecule has 1 saturated heterocycles. The van der Waals surface area contributed by atoms with Crippen LogP contribution in [0, 0.1) is 0 Å². The van der Waals surface area contributed by atoms with Crippen LogP contribution in [0.2, 0.25) is 0 Å². The Labute approximate surface area is 96.9 Å². The van der Waals surface area contributed by atoms with Crippen LogP contribution in [0.15, 0.2) is 24.3 Å². The van der Waals surface area contributed by atoms with Crippen molar-refractivity contribution in [3.8, 4) is 0 Å². The van der Waals surface area contributed by atoms with E-state index in [4.69, 9.17) is 5.73 Å². The average molecular weight is 220 g/mol. The minimum Gasteiger partial charge on any atom is -0.388 e. The molecule has 16 heavy (non-hydrogen) atoms. The van der Waals surface area contributed by atoms with Crippen molar-refractivity contribution in [3.05, 3.63) is 29.8 Å². The second-order valence-electron chi connectivity index (χ2n) is 5.02. The van der Waals surface area contributed by atoms with E-state index < -0.39 is 5.60 Å². The van der Waals surface area contributed by atoms with Crippen LogP contribution in [-0.4, -0.2) is 23.8 Å². The molecule has 3 nitrogen and oxygen atoms in total. The van der Waals surface area contributed by atoms with Crippen molar-refractivity contribution in [2.45, 2.75) is 31.9 Å². The molecule has 0 amide bonds. The molecule has 1 aromatic rings. The highest BCUT2D eigenvalue weighted by molar-refractivity contribution is 5.56. The van der Waals surface area contributed by atoms with E-state index in [1.54, 1.807) is 0 Å². The lowest BCUT2D eigenvalue weighted by molar-refractivity contribution is 0.0839. The van der Waals surface area contributed by atoms with Gasteiger partial charge >= 0.3 is 0 Å². The van der Waals surface area contributed by atoms with Gasteiger partial charge in [0.2, 0.25) is 0 Å². The second-order valence-corrected chi connectivity index (χ2v) is 5.02. The van der Waals surface area contributed by atoms with Gasteiger partial charge in [0, 0.05) is 24.8 Å². The Morgan fingerprint density at radius 1 is 1.44 bits per heavy atom. The third kappa shape index (κ3) is 2.20. The number of nitrogens with zero attached hydrogens (tertiary/aromatic N) is 1. The SMILES string of the molecule is C[C@H](N)c1ccccc1N1CCC(C)(O)C1. The first-order valence-corrected chi connectivity index (χ1v) is 5.81. The summed E-state index contributed by atoms with van der Waals surface area (Å²) in [5, 5.41) is 9.98. The molecule has 3 N–H and O–H groups in total. The van der Waals surface area contributed by atoms with Crippen molar-refractivity contribution in [3.63, 3.8) is 0 Å². The molecule has 1 unspecified atom stereocenters. The molecule has 0 aliphatic carbocycles. The van der Waals surface area contributed by atoms with E-state index in [-0.39, 0.29) is 6.04 Å². The summed E-state index contributed by atoms with van der Waals surface area (Å²) in [6, 6.07) is 8.21. The van der Waals surface area contributed by atoms with Crippen molar-refractivity contribution < 1.29 is 5.11 Å². The van der Waals surface area contributed by atoms with Gasteiger partial charge in [-0.05, 0) is 31.9 Å². The summed E-state index contributed by atoms with van der Waals surface area (Å²) in [7, 11) is 0. The maximum atomic E-state index is 9.98. The Hall–Kier alpha value is -1.06. The third-order valence-corrected chi connectivity index (χ3v) is 3.22. The summed E-state index contributed by atoms with van der Waals surface area (Å²) in [4.78, 5) is 2.22. The Morgan fingerprint density at radius 3 is 2.69 bits per heavy atom. The van der Waals surface area contributed by atoms with Gasteiger partial charge in [-0.15, -0.1) is 0 Å². The molecule has 1 aliphatic rings. The number of rotatable bonds is 2. The summed E-state index contributed by atoms with van der Waals surface area (Å²) in [5.41, 5.74) is 7.71. The van der Waals surface area contributed by atoms with Crippen LogP contribution >= 0.6 is 0 Å². The number of para-hydroxylation sites is 1. The summed E-state index contributed by atoms with van der Waals surface area (Å²) in [6.07, 6.45) is 0.820. The van der Waals surface area contributed by atoms with Gasteiger partial charge in [-0.1, -0.05) is 18.2 Å². The molecule has 1 aliphatic heterocycles. The van der Waals surface area contributed by atoms with Crippen LogP contribution in [0.1, 0.15) is 31.9 Å². The number of hydrogen-bond acceptors (Lipinski definition) is 3. The fraction of sp³-hybridized carbons (Fsp3) is 0.538. The first-order chi connectivity index (χ1) is 7.49. The van der Waals surface area contributed by atoms with Gasteiger partial charge in [0.1, 0.15) is 0 Å². The lowest BCUT2D eigenvalue weighted by atomic mass is 10.1. The number of anilines is 1. The zero-order chi connectivity index (χ0) is 11.8. The largest absolute Gasteiger partial charge is 0.388 e. The van der Waals surface area contributed by atoms with Crippen molar-refractivity contribution in [1.29, 1.82) is 0 Å². The molecule has 88 valence electrons.